The first kappa shape index (κ1) is 16.4. The minimum atomic E-state index is -0.264. The van der Waals surface area contributed by atoms with Crippen LogP contribution >= 0.6 is 0 Å². The summed E-state index contributed by atoms with van der Waals surface area (Å²) in [5, 5.41) is 0. The lowest BCUT2D eigenvalue weighted by Gasteiger charge is -2.37. The van der Waals surface area contributed by atoms with Crippen LogP contribution in [0.1, 0.15) is 47.0 Å². The van der Waals surface area contributed by atoms with Gasteiger partial charge in [-0.1, -0.05) is 27.7 Å². The van der Waals surface area contributed by atoms with Crippen LogP contribution in [0.2, 0.25) is 0 Å². The monoisotopic (exact) mass is 243 g/mol. The Morgan fingerprint density at radius 3 is 2.00 bits per heavy atom. The van der Waals surface area contributed by atoms with E-state index in [1.54, 1.807) is 0 Å². The Hall–Kier alpha value is -0.610. The Kier molecular flexibility index (Phi) is 8.17. The normalized spacial score (nSPS) is 13.6. The van der Waals surface area contributed by atoms with Crippen LogP contribution in [0.5, 0.6) is 0 Å². The fraction of sp³-hybridized carbons (Fsp3) is 0.923. The number of rotatable bonds is 9. The van der Waals surface area contributed by atoms with Gasteiger partial charge in [0.1, 0.15) is 0 Å². The highest BCUT2D eigenvalue weighted by Gasteiger charge is 2.25. The number of carbonyl (C=O) groups is 1. The number of nitrogens with two attached hydrogens (primary N) is 2. The molecule has 4 N–H and O–H groups in total. The second-order valence-electron chi connectivity index (χ2n) is 5.12. The van der Waals surface area contributed by atoms with E-state index < -0.39 is 0 Å². The molecule has 1 atom stereocenters. The molecule has 0 aliphatic carbocycles. The van der Waals surface area contributed by atoms with Gasteiger partial charge in [0.2, 0.25) is 5.91 Å². The second kappa shape index (κ2) is 8.48. The summed E-state index contributed by atoms with van der Waals surface area (Å²) >= 11 is 0. The van der Waals surface area contributed by atoms with Crippen molar-refractivity contribution in [2.75, 3.05) is 13.1 Å². The molecule has 0 radical (unpaired) electrons. The van der Waals surface area contributed by atoms with E-state index in [-0.39, 0.29) is 11.9 Å². The zero-order valence-electron chi connectivity index (χ0n) is 11.8. The van der Waals surface area contributed by atoms with Crippen LogP contribution in [0.3, 0.4) is 0 Å². The minimum absolute atomic E-state index is 0.0831. The molecule has 0 aliphatic rings. The molecule has 1 amide bonds. The molecule has 0 aromatic rings. The number of primary amides is 1. The van der Waals surface area contributed by atoms with E-state index >= 15 is 0 Å². The first-order valence-electron chi connectivity index (χ1n) is 6.70. The highest BCUT2D eigenvalue weighted by Crippen LogP contribution is 2.16. The average Bonchev–Trinajstić information content (AvgIpc) is 2.25. The molecule has 0 aromatic heterocycles. The van der Waals surface area contributed by atoms with Gasteiger partial charge in [-0.2, -0.15) is 0 Å². The molecule has 4 heteroatoms. The molecule has 0 rings (SSSR count). The molecule has 1 unspecified atom stereocenters. The van der Waals surface area contributed by atoms with Gasteiger partial charge in [-0.15, -0.1) is 0 Å². The van der Waals surface area contributed by atoms with Crippen LogP contribution in [0.4, 0.5) is 0 Å². The zero-order valence-corrected chi connectivity index (χ0v) is 11.8. The molecule has 0 bridgehead atoms. The molecule has 0 saturated heterocycles. The lowest BCUT2D eigenvalue weighted by Crippen LogP contribution is -2.49. The van der Waals surface area contributed by atoms with Crippen molar-refractivity contribution < 1.29 is 4.79 Å². The molecule has 0 heterocycles. The summed E-state index contributed by atoms with van der Waals surface area (Å²) in [6, 6.07) is 0.574. The predicted molar refractivity (Wildman–Crippen MR) is 72.6 cm³/mol. The van der Waals surface area contributed by atoms with E-state index in [1.165, 1.54) is 0 Å². The van der Waals surface area contributed by atoms with Crippen LogP contribution < -0.4 is 11.5 Å². The van der Waals surface area contributed by atoms with Crippen LogP contribution in [0, 0.1) is 5.92 Å². The zero-order chi connectivity index (χ0) is 13.4. The van der Waals surface area contributed by atoms with Crippen molar-refractivity contribution >= 4 is 5.91 Å². The van der Waals surface area contributed by atoms with Crippen molar-refractivity contribution in [3.63, 3.8) is 0 Å². The lowest BCUT2D eigenvalue weighted by molar-refractivity contribution is -0.119. The lowest BCUT2D eigenvalue weighted by atomic mass is 10.0. The van der Waals surface area contributed by atoms with Gasteiger partial charge in [-0.05, 0) is 18.8 Å². The van der Waals surface area contributed by atoms with E-state index in [1.807, 2.05) is 0 Å². The Bertz CT molecular complexity index is 215. The third-order valence-electron chi connectivity index (χ3n) is 3.17. The average molecular weight is 243 g/mol. The van der Waals surface area contributed by atoms with E-state index in [0.29, 0.717) is 24.9 Å². The molecule has 102 valence electrons. The van der Waals surface area contributed by atoms with Crippen LogP contribution in [0.25, 0.3) is 0 Å². The van der Waals surface area contributed by atoms with Gasteiger partial charge >= 0.3 is 0 Å². The van der Waals surface area contributed by atoms with Gasteiger partial charge in [0.25, 0.3) is 0 Å². The smallest absolute Gasteiger partial charge is 0.219 e. The summed E-state index contributed by atoms with van der Waals surface area (Å²) in [4.78, 5) is 13.5. The molecule has 0 aromatic carbocycles. The SMILES string of the molecule is CCC(CC)N(CC(C)C)C(CN)CC(N)=O. The standard InChI is InChI=1S/C13H29N3O/c1-5-11(6-2)16(9-10(3)4)12(8-14)7-13(15)17/h10-12H,5-9,14H2,1-4H3,(H2,15,17). The first-order valence-corrected chi connectivity index (χ1v) is 6.70. The summed E-state index contributed by atoms with van der Waals surface area (Å²) < 4.78 is 0. The molecule has 0 fully saturated rings. The van der Waals surface area contributed by atoms with Crippen molar-refractivity contribution in [2.24, 2.45) is 17.4 Å². The first-order chi connectivity index (χ1) is 7.96. The van der Waals surface area contributed by atoms with Gasteiger partial charge in [-0.25, -0.2) is 0 Å². The van der Waals surface area contributed by atoms with Gasteiger partial charge in [0, 0.05) is 31.6 Å². The van der Waals surface area contributed by atoms with Gasteiger partial charge in [0.15, 0.2) is 0 Å². The second-order valence-corrected chi connectivity index (χ2v) is 5.12. The minimum Gasteiger partial charge on any atom is -0.370 e. The maximum atomic E-state index is 11.1. The summed E-state index contributed by atoms with van der Waals surface area (Å²) in [6.07, 6.45) is 2.52. The third-order valence-corrected chi connectivity index (χ3v) is 3.17. The highest BCUT2D eigenvalue weighted by atomic mass is 16.1. The van der Waals surface area contributed by atoms with E-state index in [0.717, 1.165) is 19.4 Å². The largest absolute Gasteiger partial charge is 0.370 e. The molecule has 0 spiro atoms. The summed E-state index contributed by atoms with van der Waals surface area (Å²) in [6.45, 7) is 10.2. The fourth-order valence-electron chi connectivity index (χ4n) is 2.34. The molecular weight excluding hydrogens is 214 g/mol. The fourth-order valence-corrected chi connectivity index (χ4v) is 2.34. The Morgan fingerprint density at radius 2 is 1.71 bits per heavy atom. The van der Waals surface area contributed by atoms with Crippen molar-refractivity contribution in [2.45, 2.75) is 59.0 Å². The molecule has 0 saturated carbocycles. The van der Waals surface area contributed by atoms with Gasteiger partial charge < -0.3 is 11.5 Å². The van der Waals surface area contributed by atoms with E-state index in [4.69, 9.17) is 11.5 Å². The summed E-state index contributed by atoms with van der Waals surface area (Å²) in [5.74, 6) is 0.303. The van der Waals surface area contributed by atoms with Gasteiger partial charge in [-0.3, -0.25) is 9.69 Å². The number of amides is 1. The number of hydrogen-bond donors (Lipinski definition) is 2. The molecule has 17 heavy (non-hydrogen) atoms. The molecular formula is C13H29N3O. The van der Waals surface area contributed by atoms with Crippen LogP contribution in [-0.2, 0) is 4.79 Å². The van der Waals surface area contributed by atoms with Crippen molar-refractivity contribution in [3.8, 4) is 0 Å². The quantitative estimate of drug-likeness (QED) is 0.642. The van der Waals surface area contributed by atoms with Crippen molar-refractivity contribution in [3.05, 3.63) is 0 Å². The van der Waals surface area contributed by atoms with Crippen molar-refractivity contribution in [1.29, 1.82) is 0 Å². The predicted octanol–water partition coefficient (Wildman–Crippen LogP) is 1.34. The topological polar surface area (TPSA) is 72.3 Å². The maximum absolute atomic E-state index is 11.1. The van der Waals surface area contributed by atoms with E-state index in [9.17, 15) is 4.79 Å². The Morgan fingerprint density at radius 1 is 1.18 bits per heavy atom. The maximum Gasteiger partial charge on any atom is 0.219 e. The number of hydrogen-bond acceptors (Lipinski definition) is 3. The van der Waals surface area contributed by atoms with Crippen molar-refractivity contribution in [1.82, 2.24) is 4.90 Å². The van der Waals surface area contributed by atoms with Gasteiger partial charge in [0.05, 0.1) is 0 Å². The Balaban J connectivity index is 4.77. The van der Waals surface area contributed by atoms with E-state index in [2.05, 4.69) is 32.6 Å². The molecule has 4 nitrogen and oxygen atoms in total. The molecule has 0 aliphatic heterocycles. The van der Waals surface area contributed by atoms with Crippen LogP contribution in [0.15, 0.2) is 0 Å². The summed E-state index contributed by atoms with van der Waals surface area (Å²) in [5.41, 5.74) is 11.1. The summed E-state index contributed by atoms with van der Waals surface area (Å²) in [7, 11) is 0. The van der Waals surface area contributed by atoms with Crippen LogP contribution in [-0.4, -0.2) is 36.0 Å². The highest BCUT2D eigenvalue weighted by molar-refractivity contribution is 5.74. The Labute approximate surface area is 106 Å². The third kappa shape index (κ3) is 6.03. The number of carbonyl (C=O) groups excluding carboxylic acids is 1. The number of nitrogens with zero attached hydrogens (tertiary/aromatic N) is 1.